The molecule has 0 spiro atoms. The van der Waals surface area contributed by atoms with Gasteiger partial charge in [0.25, 0.3) is 0 Å². The molecule has 1 heterocycles. The molecule has 5 heteroatoms. The van der Waals surface area contributed by atoms with Crippen LogP contribution in [0.1, 0.15) is 0 Å². The molecule has 0 saturated heterocycles. The van der Waals surface area contributed by atoms with E-state index in [9.17, 15) is 0 Å². The van der Waals surface area contributed by atoms with Gasteiger partial charge in [-0.3, -0.25) is 10.8 Å². The first kappa shape index (κ1) is 9.68. The van der Waals surface area contributed by atoms with E-state index < -0.39 is 0 Å². The Morgan fingerprint density at radius 2 is 2.20 bits per heavy atom. The minimum atomic E-state index is 0. The van der Waals surface area contributed by atoms with E-state index in [0.717, 1.165) is 10.2 Å². The van der Waals surface area contributed by atoms with Crippen LogP contribution in [0.2, 0.25) is 0 Å². The van der Waals surface area contributed by atoms with Crippen molar-refractivity contribution in [2.24, 2.45) is 5.84 Å². The number of nitrogens with two attached hydrogens (primary N) is 1. The predicted molar refractivity (Wildman–Crippen MR) is 47.0 cm³/mol. The Kier molecular flexibility index (Phi) is 4.34. The molecule has 0 aliphatic heterocycles. The van der Waals surface area contributed by atoms with Crippen molar-refractivity contribution in [3.63, 3.8) is 0 Å². The first-order chi connectivity index (χ1) is 4.33. The van der Waals surface area contributed by atoms with E-state index in [4.69, 9.17) is 5.84 Å². The van der Waals surface area contributed by atoms with Crippen LogP contribution in [0.15, 0.2) is 22.9 Å². The van der Waals surface area contributed by atoms with Gasteiger partial charge < -0.3 is 5.43 Å². The summed E-state index contributed by atoms with van der Waals surface area (Å²) < 4.78 is 0.915. The molecule has 0 amide bonds. The lowest BCUT2D eigenvalue weighted by Gasteiger charge is -1.96. The smallest absolute Gasteiger partial charge is 0.0680 e. The van der Waals surface area contributed by atoms with E-state index in [1.165, 1.54) is 0 Å². The second-order valence-corrected chi connectivity index (χ2v) is 2.45. The number of pyridine rings is 1. The summed E-state index contributed by atoms with van der Waals surface area (Å²) in [5.74, 6) is 5.11. The van der Waals surface area contributed by atoms with Crippen LogP contribution in [-0.2, 0) is 0 Å². The molecule has 10 heavy (non-hydrogen) atoms. The number of halogens is 2. The molecule has 0 unspecified atom stereocenters. The predicted octanol–water partition coefficient (Wildman–Crippen LogP) is 1.55. The maximum absolute atomic E-state index is 5.11. The Bertz CT molecular complexity index is 206. The van der Waals surface area contributed by atoms with Crippen molar-refractivity contribution in [3.8, 4) is 0 Å². The summed E-state index contributed by atoms with van der Waals surface area (Å²) in [7, 11) is 0. The van der Waals surface area contributed by atoms with E-state index in [1.54, 1.807) is 12.4 Å². The zero-order chi connectivity index (χ0) is 6.69. The number of rotatable bonds is 1. The number of hydrogen-bond acceptors (Lipinski definition) is 3. The number of aromatic nitrogens is 1. The topological polar surface area (TPSA) is 50.9 Å². The Morgan fingerprint density at radius 1 is 1.50 bits per heavy atom. The van der Waals surface area contributed by atoms with Crippen LogP contribution in [0.3, 0.4) is 0 Å². The van der Waals surface area contributed by atoms with Gasteiger partial charge in [-0.2, -0.15) is 0 Å². The highest BCUT2D eigenvalue weighted by Crippen LogP contribution is 2.11. The summed E-state index contributed by atoms with van der Waals surface area (Å²) >= 11 is 3.24. The van der Waals surface area contributed by atoms with Crippen LogP contribution < -0.4 is 11.3 Å². The SMILES string of the molecule is Cl.NNc1cncc(Br)c1. The third-order valence-electron chi connectivity index (χ3n) is 0.872. The maximum atomic E-state index is 5.11. The fourth-order valence-corrected chi connectivity index (χ4v) is 0.856. The van der Waals surface area contributed by atoms with Crippen molar-refractivity contribution < 1.29 is 0 Å². The molecule has 0 bridgehead atoms. The van der Waals surface area contributed by atoms with Gasteiger partial charge in [0.05, 0.1) is 11.9 Å². The minimum Gasteiger partial charge on any atom is -0.323 e. The third kappa shape index (κ3) is 2.51. The van der Waals surface area contributed by atoms with Crippen molar-refractivity contribution >= 4 is 34.0 Å². The maximum Gasteiger partial charge on any atom is 0.0680 e. The van der Waals surface area contributed by atoms with Crippen LogP contribution in [-0.4, -0.2) is 4.98 Å². The number of nitrogens with zero attached hydrogens (tertiary/aromatic N) is 1. The summed E-state index contributed by atoms with van der Waals surface area (Å²) in [5.41, 5.74) is 3.27. The van der Waals surface area contributed by atoms with E-state index >= 15 is 0 Å². The highest BCUT2D eigenvalue weighted by atomic mass is 79.9. The van der Waals surface area contributed by atoms with Crippen molar-refractivity contribution in [1.82, 2.24) is 4.98 Å². The van der Waals surface area contributed by atoms with E-state index in [1.807, 2.05) is 6.07 Å². The number of anilines is 1. The molecule has 1 aromatic heterocycles. The first-order valence-electron chi connectivity index (χ1n) is 2.40. The Balaban J connectivity index is 0.000000810. The normalized spacial score (nSPS) is 8.20. The van der Waals surface area contributed by atoms with Gasteiger partial charge in [0.1, 0.15) is 0 Å². The molecule has 1 aromatic rings. The molecule has 1 rings (SSSR count). The molecule has 3 N–H and O–H groups in total. The zero-order valence-corrected chi connectivity index (χ0v) is 7.45. The second kappa shape index (κ2) is 4.49. The quantitative estimate of drug-likeness (QED) is 0.562. The number of hydrogen-bond donors (Lipinski definition) is 2. The fourth-order valence-electron chi connectivity index (χ4n) is 0.491. The lowest BCUT2D eigenvalue weighted by atomic mass is 10.4. The highest BCUT2D eigenvalue weighted by Gasteiger charge is 1.87. The Hall–Kier alpha value is -0.320. The van der Waals surface area contributed by atoms with Crippen molar-refractivity contribution in [2.75, 3.05) is 5.43 Å². The minimum absolute atomic E-state index is 0. The summed E-state index contributed by atoms with van der Waals surface area (Å²) in [6, 6.07) is 1.84. The molecule has 0 saturated carbocycles. The number of hydrazine groups is 1. The molecule has 0 fully saturated rings. The van der Waals surface area contributed by atoms with Crippen LogP contribution in [0.5, 0.6) is 0 Å². The Morgan fingerprint density at radius 3 is 2.60 bits per heavy atom. The van der Waals surface area contributed by atoms with Crippen molar-refractivity contribution in [3.05, 3.63) is 22.9 Å². The van der Waals surface area contributed by atoms with Gasteiger partial charge in [-0.1, -0.05) is 0 Å². The number of nitrogen functional groups attached to an aromatic ring is 1. The summed E-state index contributed by atoms with van der Waals surface area (Å²) in [6.45, 7) is 0. The standard InChI is InChI=1S/C5H6BrN3.ClH/c6-4-1-5(9-7)3-8-2-4;/h1-3,9H,7H2;1H. The average molecular weight is 224 g/mol. The van der Waals surface area contributed by atoms with Crippen molar-refractivity contribution in [1.29, 1.82) is 0 Å². The van der Waals surface area contributed by atoms with E-state index in [0.29, 0.717) is 0 Å². The van der Waals surface area contributed by atoms with Crippen LogP contribution in [0, 0.1) is 0 Å². The molecular formula is C5H7BrClN3. The molecular weight excluding hydrogens is 217 g/mol. The van der Waals surface area contributed by atoms with Crippen LogP contribution >= 0.6 is 28.3 Å². The van der Waals surface area contributed by atoms with Gasteiger partial charge in [-0.25, -0.2) is 0 Å². The molecule has 0 atom stereocenters. The summed E-state index contributed by atoms with van der Waals surface area (Å²) in [4.78, 5) is 3.87. The fraction of sp³-hybridized carbons (Fsp3) is 0. The van der Waals surface area contributed by atoms with Gasteiger partial charge in [-0.15, -0.1) is 12.4 Å². The van der Waals surface area contributed by atoms with Gasteiger partial charge in [0.2, 0.25) is 0 Å². The molecule has 0 radical (unpaired) electrons. The molecule has 0 aromatic carbocycles. The largest absolute Gasteiger partial charge is 0.323 e. The lowest BCUT2D eigenvalue weighted by Crippen LogP contribution is -2.06. The second-order valence-electron chi connectivity index (χ2n) is 1.54. The molecule has 0 aliphatic carbocycles. The molecule has 0 aliphatic rings. The van der Waals surface area contributed by atoms with Gasteiger partial charge >= 0.3 is 0 Å². The molecule has 3 nitrogen and oxygen atoms in total. The molecule has 56 valence electrons. The third-order valence-corrected chi connectivity index (χ3v) is 1.31. The Labute approximate surface area is 73.5 Å². The van der Waals surface area contributed by atoms with Crippen LogP contribution in [0.25, 0.3) is 0 Å². The summed E-state index contributed by atoms with van der Waals surface area (Å²) in [5, 5.41) is 0. The van der Waals surface area contributed by atoms with E-state index in [-0.39, 0.29) is 12.4 Å². The monoisotopic (exact) mass is 223 g/mol. The van der Waals surface area contributed by atoms with Crippen LogP contribution in [0.4, 0.5) is 5.69 Å². The highest BCUT2D eigenvalue weighted by molar-refractivity contribution is 9.10. The summed E-state index contributed by atoms with van der Waals surface area (Å²) in [6.07, 6.45) is 3.34. The first-order valence-corrected chi connectivity index (χ1v) is 3.19. The van der Waals surface area contributed by atoms with Crippen molar-refractivity contribution in [2.45, 2.75) is 0 Å². The number of nitrogens with one attached hydrogen (secondary N) is 1. The van der Waals surface area contributed by atoms with Gasteiger partial charge in [-0.05, 0) is 22.0 Å². The lowest BCUT2D eigenvalue weighted by molar-refractivity contribution is 1.26. The average Bonchev–Trinajstić information content (AvgIpc) is 1.88. The zero-order valence-electron chi connectivity index (χ0n) is 5.04. The van der Waals surface area contributed by atoms with E-state index in [2.05, 4.69) is 26.3 Å². The van der Waals surface area contributed by atoms with Gasteiger partial charge in [0, 0.05) is 10.7 Å². The van der Waals surface area contributed by atoms with Gasteiger partial charge in [0.15, 0.2) is 0 Å².